The van der Waals surface area contributed by atoms with Crippen LogP contribution < -0.4 is 5.32 Å². The van der Waals surface area contributed by atoms with Gasteiger partial charge in [-0.2, -0.15) is 9.78 Å². The molecular formula is C17H14ClN5O2. The average Bonchev–Trinajstić information content (AvgIpc) is 2.96. The Morgan fingerprint density at radius 1 is 1.40 bits per heavy atom. The molecule has 3 aromatic rings. The normalized spacial score (nSPS) is 10.5. The highest BCUT2D eigenvalue weighted by atomic mass is 35.5. The highest BCUT2D eigenvalue weighted by molar-refractivity contribution is 6.31. The molecule has 0 aliphatic heterocycles. The minimum atomic E-state index is -0.591. The van der Waals surface area contributed by atoms with E-state index in [-0.39, 0.29) is 28.7 Å². The van der Waals surface area contributed by atoms with E-state index in [1.807, 2.05) is 30.3 Å². The minimum Gasteiger partial charge on any atom is -0.461 e. The third kappa shape index (κ3) is 2.99. The van der Waals surface area contributed by atoms with Crippen LogP contribution in [0, 0.1) is 18.3 Å². The van der Waals surface area contributed by atoms with Crippen LogP contribution in [0.15, 0.2) is 30.3 Å². The van der Waals surface area contributed by atoms with Crippen molar-refractivity contribution in [2.24, 2.45) is 0 Å². The fourth-order valence-electron chi connectivity index (χ4n) is 2.34. The largest absolute Gasteiger partial charge is 0.461 e. The summed E-state index contributed by atoms with van der Waals surface area (Å²) in [5.41, 5.74) is 1.66. The van der Waals surface area contributed by atoms with Crippen LogP contribution in [0.1, 0.15) is 28.5 Å². The van der Waals surface area contributed by atoms with Crippen LogP contribution in [0.3, 0.4) is 0 Å². The molecule has 0 radical (unpaired) electrons. The molecule has 0 spiro atoms. The number of aromatic nitrogens is 3. The number of nitrogens with one attached hydrogen (secondary N) is 1. The lowest BCUT2D eigenvalue weighted by molar-refractivity contribution is 0.0518. The molecule has 25 heavy (non-hydrogen) atoms. The van der Waals surface area contributed by atoms with E-state index in [2.05, 4.69) is 21.5 Å². The van der Waals surface area contributed by atoms with Crippen molar-refractivity contribution in [3.05, 3.63) is 52.3 Å². The number of hydrogen-bond acceptors (Lipinski definition) is 6. The molecule has 0 bridgehead atoms. The Kier molecular flexibility index (Phi) is 4.55. The summed E-state index contributed by atoms with van der Waals surface area (Å²) in [5, 5.41) is 17.1. The highest BCUT2D eigenvalue weighted by Crippen LogP contribution is 2.27. The third-order valence-corrected chi connectivity index (χ3v) is 3.99. The van der Waals surface area contributed by atoms with Crippen molar-refractivity contribution in [3.8, 4) is 6.07 Å². The van der Waals surface area contributed by atoms with Gasteiger partial charge < -0.3 is 10.1 Å². The Bertz CT molecular complexity index is 992. The van der Waals surface area contributed by atoms with Gasteiger partial charge >= 0.3 is 5.97 Å². The maximum Gasteiger partial charge on any atom is 0.357 e. The van der Waals surface area contributed by atoms with Crippen LogP contribution in [0.4, 0.5) is 11.5 Å². The predicted octanol–water partition coefficient (Wildman–Crippen LogP) is 3.48. The Balaban J connectivity index is 2.17. The SMILES string of the molecule is CCOC(=O)c1nc2c(C#N)c(Nc3ccccc3)nn2c(Cl)c1C. The first-order valence-corrected chi connectivity index (χ1v) is 7.92. The molecule has 7 nitrogen and oxygen atoms in total. The molecule has 1 aromatic carbocycles. The average molecular weight is 356 g/mol. The fraction of sp³-hybridized carbons (Fsp3) is 0.176. The molecular weight excluding hydrogens is 342 g/mol. The van der Waals surface area contributed by atoms with Crippen molar-refractivity contribution in [1.29, 1.82) is 5.26 Å². The zero-order valence-electron chi connectivity index (χ0n) is 13.6. The summed E-state index contributed by atoms with van der Waals surface area (Å²) in [7, 11) is 0. The van der Waals surface area contributed by atoms with Gasteiger partial charge in [-0.05, 0) is 26.0 Å². The lowest BCUT2D eigenvalue weighted by atomic mass is 10.2. The number of fused-ring (bicyclic) bond motifs is 1. The van der Waals surface area contributed by atoms with Gasteiger partial charge in [0.15, 0.2) is 17.2 Å². The maximum absolute atomic E-state index is 12.1. The quantitative estimate of drug-likeness (QED) is 0.569. The Labute approximate surface area is 148 Å². The van der Waals surface area contributed by atoms with Crippen molar-refractivity contribution in [1.82, 2.24) is 14.6 Å². The van der Waals surface area contributed by atoms with Crippen LogP contribution >= 0.6 is 11.6 Å². The second kappa shape index (κ2) is 6.79. The van der Waals surface area contributed by atoms with Crippen molar-refractivity contribution < 1.29 is 9.53 Å². The monoisotopic (exact) mass is 355 g/mol. The zero-order chi connectivity index (χ0) is 18.0. The van der Waals surface area contributed by atoms with Gasteiger partial charge in [0.1, 0.15) is 16.8 Å². The van der Waals surface area contributed by atoms with Crippen molar-refractivity contribution >= 4 is 34.7 Å². The van der Waals surface area contributed by atoms with Crippen LogP contribution in [0.2, 0.25) is 5.15 Å². The van der Waals surface area contributed by atoms with Gasteiger partial charge in [-0.3, -0.25) is 0 Å². The molecule has 8 heteroatoms. The molecule has 0 aliphatic rings. The summed E-state index contributed by atoms with van der Waals surface area (Å²) < 4.78 is 6.34. The number of carbonyl (C=O) groups excluding carboxylic acids is 1. The minimum absolute atomic E-state index is 0.0713. The van der Waals surface area contributed by atoms with Crippen LogP contribution in [-0.4, -0.2) is 27.2 Å². The van der Waals surface area contributed by atoms with Gasteiger partial charge in [0.25, 0.3) is 0 Å². The summed E-state index contributed by atoms with van der Waals surface area (Å²) in [6.45, 7) is 3.57. The maximum atomic E-state index is 12.1. The molecule has 0 atom stereocenters. The molecule has 2 aromatic heterocycles. The van der Waals surface area contributed by atoms with Crippen LogP contribution in [-0.2, 0) is 4.74 Å². The summed E-state index contributed by atoms with van der Waals surface area (Å²) in [4.78, 5) is 16.4. The van der Waals surface area contributed by atoms with E-state index in [1.165, 1.54) is 4.52 Å². The molecule has 0 saturated carbocycles. The summed E-state index contributed by atoms with van der Waals surface area (Å²) in [6.07, 6.45) is 0. The van der Waals surface area contributed by atoms with Crippen molar-refractivity contribution in [2.75, 3.05) is 11.9 Å². The smallest absolute Gasteiger partial charge is 0.357 e. The summed E-state index contributed by atoms with van der Waals surface area (Å²) >= 11 is 6.34. The van der Waals surface area contributed by atoms with Gasteiger partial charge in [0.2, 0.25) is 0 Å². The molecule has 0 fully saturated rings. The van der Waals surface area contributed by atoms with Crippen molar-refractivity contribution in [3.63, 3.8) is 0 Å². The van der Waals surface area contributed by atoms with E-state index in [4.69, 9.17) is 16.3 Å². The standard InChI is InChI=1S/C17H14ClN5O2/c1-3-25-17(24)13-10(2)14(18)23-16(21-13)12(9-19)15(22-23)20-11-7-5-4-6-8-11/h4-8H,3H2,1-2H3,(H,20,22). The first kappa shape index (κ1) is 16.7. The fourth-order valence-corrected chi connectivity index (χ4v) is 2.55. The molecule has 3 rings (SSSR count). The number of para-hydroxylation sites is 1. The number of anilines is 2. The highest BCUT2D eigenvalue weighted by Gasteiger charge is 2.23. The van der Waals surface area contributed by atoms with Crippen LogP contribution in [0.5, 0.6) is 0 Å². The number of halogens is 1. The zero-order valence-corrected chi connectivity index (χ0v) is 14.3. The molecule has 0 aliphatic carbocycles. The van der Waals surface area contributed by atoms with E-state index in [9.17, 15) is 10.1 Å². The first-order chi connectivity index (χ1) is 12.1. The number of carbonyl (C=O) groups is 1. The Hall–Kier alpha value is -3.11. The topological polar surface area (TPSA) is 92.3 Å². The molecule has 1 N–H and O–H groups in total. The number of ether oxygens (including phenoxy) is 1. The molecule has 126 valence electrons. The number of rotatable bonds is 4. The van der Waals surface area contributed by atoms with Crippen LogP contribution in [0.25, 0.3) is 5.65 Å². The molecule has 0 unspecified atom stereocenters. The lowest BCUT2D eigenvalue weighted by Gasteiger charge is -2.07. The van der Waals surface area contributed by atoms with E-state index in [0.29, 0.717) is 11.4 Å². The van der Waals surface area contributed by atoms with E-state index >= 15 is 0 Å². The Morgan fingerprint density at radius 3 is 2.76 bits per heavy atom. The summed E-state index contributed by atoms with van der Waals surface area (Å²) in [6, 6.07) is 11.4. The molecule has 2 heterocycles. The number of hydrogen-bond donors (Lipinski definition) is 1. The van der Waals surface area contributed by atoms with Gasteiger partial charge in [-0.1, -0.05) is 29.8 Å². The number of nitrogens with zero attached hydrogens (tertiary/aromatic N) is 4. The van der Waals surface area contributed by atoms with Gasteiger partial charge in [0, 0.05) is 11.3 Å². The number of benzene rings is 1. The van der Waals surface area contributed by atoms with Gasteiger partial charge in [-0.25, -0.2) is 9.78 Å². The number of esters is 1. The molecule has 0 amide bonds. The van der Waals surface area contributed by atoms with E-state index in [0.717, 1.165) is 5.69 Å². The summed E-state index contributed by atoms with van der Waals surface area (Å²) in [5.74, 6) is -0.282. The van der Waals surface area contributed by atoms with E-state index in [1.54, 1.807) is 13.8 Å². The van der Waals surface area contributed by atoms with E-state index < -0.39 is 5.97 Å². The second-order valence-corrected chi connectivity index (χ2v) is 5.52. The predicted molar refractivity (Wildman–Crippen MR) is 93.1 cm³/mol. The third-order valence-electron chi connectivity index (χ3n) is 3.55. The molecule has 0 saturated heterocycles. The second-order valence-electron chi connectivity index (χ2n) is 5.16. The van der Waals surface area contributed by atoms with Gasteiger partial charge in [0.05, 0.1) is 6.61 Å². The first-order valence-electron chi connectivity index (χ1n) is 7.55. The lowest BCUT2D eigenvalue weighted by Crippen LogP contribution is -2.12. The van der Waals surface area contributed by atoms with Gasteiger partial charge in [-0.15, -0.1) is 5.10 Å². The Morgan fingerprint density at radius 2 is 2.12 bits per heavy atom. The van der Waals surface area contributed by atoms with Crippen molar-refractivity contribution in [2.45, 2.75) is 13.8 Å². The number of nitriles is 1.